The summed E-state index contributed by atoms with van der Waals surface area (Å²) >= 11 is 0. The highest BCUT2D eigenvalue weighted by atomic mass is 32.2. The monoisotopic (exact) mass is 290 g/mol. The summed E-state index contributed by atoms with van der Waals surface area (Å²) in [6.07, 6.45) is 4.81. The number of nitrogens with zero attached hydrogens (tertiary/aromatic N) is 1. The van der Waals surface area contributed by atoms with Crippen molar-refractivity contribution < 1.29 is 8.42 Å². The third-order valence-corrected chi connectivity index (χ3v) is 5.71. The maximum atomic E-state index is 11.9. The van der Waals surface area contributed by atoms with Gasteiger partial charge in [0, 0.05) is 35.8 Å². The van der Waals surface area contributed by atoms with Gasteiger partial charge < -0.3 is 4.98 Å². The van der Waals surface area contributed by atoms with Crippen molar-refractivity contribution >= 4 is 26.5 Å². The molecule has 106 valence electrons. The minimum Gasteiger partial charge on any atom is -0.361 e. The number of H-pyrrole nitrogens is 1. The lowest BCUT2D eigenvalue weighted by molar-refractivity contribution is 0.442. The van der Waals surface area contributed by atoms with Gasteiger partial charge in [-0.25, -0.2) is 8.42 Å². The molecule has 0 aliphatic carbocycles. The van der Waals surface area contributed by atoms with Crippen LogP contribution in [-0.4, -0.2) is 36.5 Å². The van der Waals surface area contributed by atoms with Crippen molar-refractivity contribution in [3.05, 3.63) is 42.1 Å². The topological polar surface area (TPSA) is 53.2 Å². The van der Waals surface area contributed by atoms with Crippen LogP contribution in [-0.2, 0) is 10.0 Å². The molecule has 0 unspecified atom stereocenters. The first-order chi connectivity index (χ1) is 9.62. The van der Waals surface area contributed by atoms with Crippen molar-refractivity contribution in [2.24, 2.45) is 0 Å². The molecule has 0 bridgehead atoms. The van der Waals surface area contributed by atoms with Crippen molar-refractivity contribution in [3.63, 3.8) is 0 Å². The van der Waals surface area contributed by atoms with E-state index < -0.39 is 10.0 Å². The smallest absolute Gasteiger partial charge is 0.214 e. The van der Waals surface area contributed by atoms with Crippen LogP contribution in [0.3, 0.4) is 0 Å². The van der Waals surface area contributed by atoms with Crippen molar-refractivity contribution in [2.75, 3.05) is 18.8 Å². The molecule has 0 atom stereocenters. The number of hydrogen-bond acceptors (Lipinski definition) is 2. The van der Waals surface area contributed by atoms with Gasteiger partial charge in [0.15, 0.2) is 0 Å². The molecule has 20 heavy (non-hydrogen) atoms. The van der Waals surface area contributed by atoms with E-state index in [1.807, 2.05) is 24.4 Å². The highest BCUT2D eigenvalue weighted by molar-refractivity contribution is 7.89. The van der Waals surface area contributed by atoms with Crippen LogP contribution in [0.2, 0.25) is 0 Å². The summed E-state index contributed by atoms with van der Waals surface area (Å²) in [6.45, 7) is 2.74. The number of rotatable bonds is 3. The molecule has 5 heteroatoms. The fraction of sp³-hybridized carbons (Fsp3) is 0.333. The second-order valence-corrected chi connectivity index (χ2v) is 7.24. The van der Waals surface area contributed by atoms with Crippen LogP contribution in [0.5, 0.6) is 0 Å². The first-order valence-corrected chi connectivity index (χ1v) is 8.46. The Bertz CT molecular complexity index is 759. The minimum absolute atomic E-state index is 0.170. The maximum Gasteiger partial charge on any atom is 0.214 e. The molecule has 2 aromatic rings. The van der Waals surface area contributed by atoms with Gasteiger partial charge in [0.25, 0.3) is 0 Å². The van der Waals surface area contributed by atoms with Gasteiger partial charge in [-0.1, -0.05) is 24.3 Å². The van der Waals surface area contributed by atoms with E-state index in [0.29, 0.717) is 13.1 Å². The molecule has 0 saturated carbocycles. The fourth-order valence-corrected chi connectivity index (χ4v) is 3.70. The molecule has 4 nitrogen and oxygen atoms in total. The van der Waals surface area contributed by atoms with Crippen molar-refractivity contribution in [3.8, 4) is 0 Å². The molecule has 1 aliphatic rings. The Morgan fingerprint density at radius 2 is 2.10 bits per heavy atom. The molecule has 0 radical (unpaired) electrons. The van der Waals surface area contributed by atoms with E-state index in [1.54, 1.807) is 11.2 Å². The SMILES string of the molecule is CCS(=O)(=O)N1CC=C(c2c[nH]c3ccccc23)CC1. The lowest BCUT2D eigenvalue weighted by Crippen LogP contribution is -2.35. The number of hydrogen-bond donors (Lipinski definition) is 1. The summed E-state index contributed by atoms with van der Waals surface area (Å²) in [6, 6.07) is 8.18. The zero-order valence-electron chi connectivity index (χ0n) is 11.5. The van der Waals surface area contributed by atoms with E-state index in [1.165, 1.54) is 16.5 Å². The summed E-state index contributed by atoms with van der Waals surface area (Å²) in [7, 11) is -3.08. The molecule has 1 aromatic heterocycles. The summed E-state index contributed by atoms with van der Waals surface area (Å²) in [5, 5.41) is 1.20. The van der Waals surface area contributed by atoms with Crippen LogP contribution < -0.4 is 0 Å². The average molecular weight is 290 g/mol. The molecule has 1 aromatic carbocycles. The maximum absolute atomic E-state index is 11.9. The van der Waals surface area contributed by atoms with E-state index in [-0.39, 0.29) is 5.75 Å². The Labute approximate surface area is 119 Å². The molecule has 1 aliphatic heterocycles. The zero-order chi connectivity index (χ0) is 14.2. The Kier molecular flexibility index (Phi) is 3.40. The second-order valence-electron chi connectivity index (χ2n) is 4.99. The van der Waals surface area contributed by atoms with E-state index in [4.69, 9.17) is 0 Å². The summed E-state index contributed by atoms with van der Waals surface area (Å²) in [5.41, 5.74) is 3.53. The normalized spacial score (nSPS) is 17.4. The number of sulfonamides is 1. The van der Waals surface area contributed by atoms with Gasteiger partial charge in [-0.3, -0.25) is 0 Å². The van der Waals surface area contributed by atoms with Crippen LogP contribution in [0, 0.1) is 0 Å². The van der Waals surface area contributed by atoms with Crippen LogP contribution in [0.15, 0.2) is 36.5 Å². The molecule has 0 fully saturated rings. The molecule has 0 saturated heterocycles. The first-order valence-electron chi connectivity index (χ1n) is 6.85. The third kappa shape index (κ3) is 2.27. The van der Waals surface area contributed by atoms with Crippen LogP contribution >= 0.6 is 0 Å². The largest absolute Gasteiger partial charge is 0.361 e. The third-order valence-electron chi connectivity index (χ3n) is 3.87. The molecule has 2 heterocycles. The summed E-state index contributed by atoms with van der Waals surface area (Å²) in [5.74, 6) is 0.170. The van der Waals surface area contributed by atoms with Gasteiger partial charge >= 0.3 is 0 Å². The number of fused-ring (bicyclic) bond motifs is 1. The standard InChI is InChI=1S/C15H18N2O2S/c1-2-20(18,19)17-9-7-12(8-10-17)14-11-16-15-6-4-3-5-13(14)15/h3-7,11,16H,2,8-10H2,1H3. The predicted octanol–water partition coefficient (Wildman–Crippen LogP) is 2.61. The highest BCUT2D eigenvalue weighted by Crippen LogP contribution is 2.29. The van der Waals surface area contributed by atoms with Gasteiger partial charge in [-0.2, -0.15) is 4.31 Å². The Morgan fingerprint density at radius 3 is 2.80 bits per heavy atom. The second kappa shape index (κ2) is 5.07. The Balaban J connectivity index is 1.90. The van der Waals surface area contributed by atoms with Crippen LogP contribution in [0.4, 0.5) is 0 Å². The lowest BCUT2D eigenvalue weighted by Gasteiger charge is -2.25. The zero-order valence-corrected chi connectivity index (χ0v) is 12.3. The van der Waals surface area contributed by atoms with Crippen molar-refractivity contribution in [1.29, 1.82) is 0 Å². The molecule has 3 rings (SSSR count). The minimum atomic E-state index is -3.08. The predicted molar refractivity (Wildman–Crippen MR) is 81.9 cm³/mol. The van der Waals surface area contributed by atoms with E-state index in [0.717, 1.165) is 11.9 Å². The van der Waals surface area contributed by atoms with E-state index >= 15 is 0 Å². The van der Waals surface area contributed by atoms with Gasteiger partial charge in [0.1, 0.15) is 0 Å². The fourth-order valence-electron chi connectivity index (χ4n) is 2.67. The van der Waals surface area contributed by atoms with Gasteiger partial charge in [0.2, 0.25) is 10.0 Å². The van der Waals surface area contributed by atoms with Gasteiger partial charge in [-0.05, 0) is 25.0 Å². The van der Waals surface area contributed by atoms with Crippen molar-refractivity contribution in [2.45, 2.75) is 13.3 Å². The number of para-hydroxylation sites is 1. The highest BCUT2D eigenvalue weighted by Gasteiger charge is 2.23. The Hall–Kier alpha value is -1.59. The number of nitrogens with one attached hydrogen (secondary N) is 1. The van der Waals surface area contributed by atoms with E-state index in [2.05, 4.69) is 17.1 Å². The van der Waals surface area contributed by atoms with Crippen molar-refractivity contribution in [1.82, 2.24) is 9.29 Å². The van der Waals surface area contributed by atoms with Gasteiger partial charge in [0.05, 0.1) is 5.75 Å². The summed E-state index contributed by atoms with van der Waals surface area (Å²) in [4.78, 5) is 3.27. The molecule has 0 amide bonds. The average Bonchev–Trinajstić information content (AvgIpc) is 2.91. The Morgan fingerprint density at radius 1 is 1.30 bits per heavy atom. The number of benzene rings is 1. The van der Waals surface area contributed by atoms with E-state index in [9.17, 15) is 8.42 Å². The molecule has 0 spiro atoms. The number of aromatic amines is 1. The quantitative estimate of drug-likeness (QED) is 0.944. The molecule has 1 N–H and O–H groups in total. The first kappa shape index (κ1) is 13.4. The van der Waals surface area contributed by atoms with Gasteiger partial charge in [-0.15, -0.1) is 0 Å². The number of aromatic nitrogens is 1. The van der Waals surface area contributed by atoms with Crippen LogP contribution in [0.25, 0.3) is 16.5 Å². The molecular weight excluding hydrogens is 272 g/mol. The summed E-state index contributed by atoms with van der Waals surface area (Å²) < 4.78 is 25.3. The lowest BCUT2D eigenvalue weighted by atomic mass is 10.00. The van der Waals surface area contributed by atoms with Crippen LogP contribution in [0.1, 0.15) is 18.9 Å². The molecular formula is C15H18N2O2S.